The van der Waals surface area contributed by atoms with Gasteiger partial charge >= 0.3 is 0 Å². The van der Waals surface area contributed by atoms with E-state index in [1.807, 2.05) is 72.8 Å². The second-order valence-corrected chi connectivity index (χ2v) is 12.5. The van der Waals surface area contributed by atoms with E-state index >= 15 is 0 Å². The first-order chi connectivity index (χ1) is 19.8. The molecule has 2 heterocycles. The molecular formula is C31H33Cl3N2O5. The Balaban J connectivity index is 1.34. The van der Waals surface area contributed by atoms with Gasteiger partial charge in [0.2, 0.25) is 0 Å². The Morgan fingerprint density at radius 2 is 1.61 bits per heavy atom. The SMILES string of the molecule is O=C(NCc1ccccc1-c1ccc(C2OC(CN3CCOCC3)CC(c3ccc(CO)cc3)O2)cc1)C(Cl)(Cl)Cl. The van der Waals surface area contributed by atoms with Crippen LogP contribution in [0.1, 0.15) is 41.1 Å². The number of carbonyl (C=O) groups excluding carboxylic acids is 1. The van der Waals surface area contributed by atoms with E-state index in [0.717, 1.165) is 72.6 Å². The highest BCUT2D eigenvalue weighted by Gasteiger charge is 2.34. The molecule has 2 aliphatic heterocycles. The largest absolute Gasteiger partial charge is 0.392 e. The van der Waals surface area contributed by atoms with E-state index in [1.165, 1.54) is 0 Å². The molecule has 10 heteroatoms. The van der Waals surface area contributed by atoms with Gasteiger partial charge in [-0.15, -0.1) is 0 Å². The quantitative estimate of drug-likeness (QED) is 0.315. The molecular weight excluding hydrogens is 587 g/mol. The van der Waals surface area contributed by atoms with Gasteiger partial charge in [-0.3, -0.25) is 9.69 Å². The minimum atomic E-state index is -2.02. The number of ether oxygens (including phenoxy) is 3. The minimum absolute atomic E-state index is 0.00590. The van der Waals surface area contributed by atoms with Crippen LogP contribution in [0.4, 0.5) is 0 Å². The molecule has 218 valence electrons. The van der Waals surface area contributed by atoms with E-state index in [-0.39, 0.29) is 25.4 Å². The number of carbonyl (C=O) groups is 1. The molecule has 0 radical (unpaired) electrons. The first-order valence-electron chi connectivity index (χ1n) is 13.6. The molecule has 3 atom stereocenters. The number of nitrogens with zero attached hydrogens (tertiary/aromatic N) is 1. The van der Waals surface area contributed by atoms with Crippen molar-refractivity contribution in [1.82, 2.24) is 10.2 Å². The van der Waals surface area contributed by atoms with Crippen molar-refractivity contribution in [1.29, 1.82) is 0 Å². The number of amides is 1. The Morgan fingerprint density at radius 1 is 0.927 bits per heavy atom. The molecule has 2 aliphatic rings. The van der Waals surface area contributed by atoms with Gasteiger partial charge in [-0.2, -0.15) is 0 Å². The number of aliphatic hydroxyl groups is 1. The zero-order chi connectivity index (χ0) is 28.8. The number of hydrogen-bond donors (Lipinski definition) is 2. The van der Waals surface area contributed by atoms with Crippen LogP contribution in [0.2, 0.25) is 0 Å². The van der Waals surface area contributed by atoms with Gasteiger partial charge in [-0.05, 0) is 27.8 Å². The molecule has 0 aromatic heterocycles. The Labute approximate surface area is 255 Å². The third-order valence-electron chi connectivity index (χ3n) is 7.39. The first-order valence-corrected chi connectivity index (χ1v) is 14.8. The highest BCUT2D eigenvalue weighted by Crippen LogP contribution is 2.39. The molecule has 3 unspecified atom stereocenters. The summed E-state index contributed by atoms with van der Waals surface area (Å²) in [7, 11) is 0. The van der Waals surface area contributed by atoms with E-state index in [9.17, 15) is 9.90 Å². The molecule has 7 nitrogen and oxygen atoms in total. The van der Waals surface area contributed by atoms with Crippen molar-refractivity contribution >= 4 is 40.7 Å². The monoisotopic (exact) mass is 618 g/mol. The van der Waals surface area contributed by atoms with Crippen LogP contribution in [0.3, 0.4) is 0 Å². The zero-order valence-corrected chi connectivity index (χ0v) is 24.7. The number of nitrogens with one attached hydrogen (secondary N) is 1. The highest BCUT2D eigenvalue weighted by molar-refractivity contribution is 6.76. The summed E-state index contributed by atoms with van der Waals surface area (Å²) in [6, 6.07) is 23.7. The molecule has 0 aliphatic carbocycles. The number of rotatable bonds is 8. The van der Waals surface area contributed by atoms with Crippen molar-refractivity contribution < 1.29 is 24.1 Å². The molecule has 2 fully saturated rings. The zero-order valence-electron chi connectivity index (χ0n) is 22.5. The van der Waals surface area contributed by atoms with Gasteiger partial charge in [0.25, 0.3) is 9.70 Å². The lowest BCUT2D eigenvalue weighted by Gasteiger charge is -2.39. The van der Waals surface area contributed by atoms with E-state index in [2.05, 4.69) is 10.2 Å². The Morgan fingerprint density at radius 3 is 2.29 bits per heavy atom. The summed E-state index contributed by atoms with van der Waals surface area (Å²) in [6.07, 6.45) is 0.0356. The maximum absolute atomic E-state index is 12.1. The van der Waals surface area contributed by atoms with Gasteiger partial charge in [0.05, 0.1) is 32.0 Å². The summed E-state index contributed by atoms with van der Waals surface area (Å²) in [5, 5.41) is 12.1. The topological polar surface area (TPSA) is 80.3 Å². The van der Waals surface area contributed by atoms with Gasteiger partial charge in [0, 0.05) is 38.2 Å². The van der Waals surface area contributed by atoms with E-state index < -0.39 is 16.0 Å². The van der Waals surface area contributed by atoms with Crippen LogP contribution in [0.5, 0.6) is 0 Å². The predicted molar refractivity (Wildman–Crippen MR) is 160 cm³/mol. The number of morpholine rings is 1. The Kier molecular flexibility index (Phi) is 10.2. The summed E-state index contributed by atoms with van der Waals surface area (Å²) in [5.41, 5.74) is 5.67. The van der Waals surface area contributed by atoms with Crippen LogP contribution in [0, 0.1) is 0 Å². The molecule has 0 spiro atoms. The number of aliphatic hydroxyl groups excluding tert-OH is 1. The van der Waals surface area contributed by atoms with Crippen LogP contribution in [0.25, 0.3) is 11.1 Å². The third-order valence-corrected chi connectivity index (χ3v) is 7.90. The molecule has 5 rings (SSSR count). The van der Waals surface area contributed by atoms with Crippen molar-refractivity contribution in [3.8, 4) is 11.1 Å². The van der Waals surface area contributed by atoms with Crippen LogP contribution >= 0.6 is 34.8 Å². The molecule has 1 amide bonds. The van der Waals surface area contributed by atoms with Gasteiger partial charge < -0.3 is 24.6 Å². The molecule has 0 bridgehead atoms. The first kappa shape index (κ1) is 30.3. The van der Waals surface area contributed by atoms with Crippen molar-refractivity contribution in [3.05, 3.63) is 95.1 Å². The van der Waals surface area contributed by atoms with E-state index in [1.54, 1.807) is 0 Å². The van der Waals surface area contributed by atoms with E-state index in [0.29, 0.717) is 0 Å². The van der Waals surface area contributed by atoms with Gasteiger partial charge in [-0.1, -0.05) is 108 Å². The van der Waals surface area contributed by atoms with Crippen molar-refractivity contribution in [2.45, 2.75) is 41.9 Å². The number of alkyl halides is 3. The lowest BCUT2D eigenvalue weighted by Crippen LogP contribution is -2.44. The maximum atomic E-state index is 12.1. The van der Waals surface area contributed by atoms with Crippen LogP contribution in [0.15, 0.2) is 72.8 Å². The van der Waals surface area contributed by atoms with Crippen LogP contribution in [-0.4, -0.2) is 58.7 Å². The lowest BCUT2D eigenvalue weighted by atomic mass is 9.97. The smallest absolute Gasteiger partial charge is 0.272 e. The fourth-order valence-corrected chi connectivity index (χ4v) is 5.36. The van der Waals surface area contributed by atoms with Crippen LogP contribution < -0.4 is 5.32 Å². The average Bonchev–Trinajstić information content (AvgIpc) is 3.00. The van der Waals surface area contributed by atoms with Gasteiger partial charge in [-0.25, -0.2) is 0 Å². The Bertz CT molecular complexity index is 1290. The third kappa shape index (κ3) is 8.00. The lowest BCUT2D eigenvalue weighted by molar-refractivity contribution is -0.253. The van der Waals surface area contributed by atoms with Crippen molar-refractivity contribution in [2.75, 3.05) is 32.8 Å². The molecule has 0 saturated carbocycles. The Hall–Kier alpha value is -2.20. The maximum Gasteiger partial charge on any atom is 0.272 e. The summed E-state index contributed by atoms with van der Waals surface area (Å²) in [6.45, 7) is 4.27. The number of benzene rings is 3. The second-order valence-electron chi connectivity index (χ2n) is 10.2. The summed E-state index contributed by atoms with van der Waals surface area (Å²) >= 11 is 17.1. The normalized spacial score (nSPS) is 21.9. The summed E-state index contributed by atoms with van der Waals surface area (Å²) in [4.78, 5) is 14.4. The summed E-state index contributed by atoms with van der Waals surface area (Å²) in [5.74, 6) is -0.675. The number of hydrogen-bond acceptors (Lipinski definition) is 6. The molecule has 3 aromatic rings. The van der Waals surface area contributed by atoms with Crippen molar-refractivity contribution in [3.63, 3.8) is 0 Å². The fraction of sp³-hybridized carbons (Fsp3) is 0.387. The van der Waals surface area contributed by atoms with E-state index in [4.69, 9.17) is 49.0 Å². The van der Waals surface area contributed by atoms with Gasteiger partial charge in [0.1, 0.15) is 0 Å². The average molecular weight is 620 g/mol. The fourth-order valence-electron chi connectivity index (χ4n) is 5.16. The molecule has 3 aromatic carbocycles. The predicted octanol–water partition coefficient (Wildman–Crippen LogP) is 5.71. The molecule has 41 heavy (non-hydrogen) atoms. The van der Waals surface area contributed by atoms with Crippen LogP contribution in [-0.2, 0) is 32.2 Å². The standard InChI is InChI=1S/C31H33Cl3N2O5/c32-31(33,34)30(38)35-18-25-3-1-2-4-27(25)22-9-11-24(12-10-22)29-40-26(19-36-13-15-39-16-14-36)17-28(41-29)23-7-5-21(20-37)6-8-23/h1-12,26,28-29,37H,13-20H2,(H,35,38). The molecule has 2 saturated heterocycles. The van der Waals surface area contributed by atoms with Gasteiger partial charge in [0.15, 0.2) is 6.29 Å². The minimum Gasteiger partial charge on any atom is -0.392 e. The van der Waals surface area contributed by atoms with Crippen molar-refractivity contribution in [2.24, 2.45) is 0 Å². The number of halogens is 3. The highest BCUT2D eigenvalue weighted by atomic mass is 35.6. The second kappa shape index (κ2) is 13.8. The molecule has 2 N–H and O–H groups in total. The summed E-state index contributed by atoms with van der Waals surface area (Å²) < 4.78 is 16.5.